The Morgan fingerprint density at radius 3 is 1.73 bits per heavy atom. The minimum Gasteiger partial charge on any atom is -0.309 e. The molecule has 0 radical (unpaired) electrons. The molecule has 9 rings (SSSR count). The number of benzene rings is 5. The van der Waals surface area contributed by atoms with E-state index in [9.17, 15) is 22.0 Å². The number of rotatable bonds is 4. The second-order valence-corrected chi connectivity index (χ2v) is 13.9. The lowest BCUT2D eigenvalue weighted by molar-refractivity contribution is 0.381. The number of aromatic nitrogens is 5. The largest absolute Gasteiger partial charge is 0.309 e. The van der Waals surface area contributed by atoms with Crippen LogP contribution < -0.4 is 0 Å². The van der Waals surface area contributed by atoms with Gasteiger partial charge in [-0.2, -0.15) is 5.10 Å². The van der Waals surface area contributed by atoms with Gasteiger partial charge in [0, 0.05) is 45.2 Å². The first kappa shape index (κ1) is 31.7. The van der Waals surface area contributed by atoms with Crippen LogP contribution in [0.3, 0.4) is 0 Å². The summed E-state index contributed by atoms with van der Waals surface area (Å²) >= 11 is 0. The van der Waals surface area contributed by atoms with Crippen molar-refractivity contribution >= 4 is 43.6 Å². The molecule has 0 saturated carbocycles. The first-order chi connectivity index (χ1) is 25.0. The average Bonchev–Trinajstić information content (AvgIpc) is 3.85. The van der Waals surface area contributed by atoms with Gasteiger partial charge < -0.3 is 4.57 Å². The van der Waals surface area contributed by atoms with Crippen molar-refractivity contribution in [2.45, 2.75) is 26.2 Å². The molecule has 10 heteroatoms. The summed E-state index contributed by atoms with van der Waals surface area (Å²) in [6.07, 6.45) is 4.17. The fraction of sp³-hybridized carbons (Fsp3) is 0.0952. The van der Waals surface area contributed by atoms with Gasteiger partial charge >= 0.3 is 0 Å². The fourth-order valence-corrected chi connectivity index (χ4v) is 7.18. The second kappa shape index (κ2) is 11.4. The van der Waals surface area contributed by atoms with E-state index in [1.165, 1.54) is 10.9 Å². The minimum absolute atomic E-state index is 0.0780. The number of halogens is 5. The van der Waals surface area contributed by atoms with Crippen LogP contribution in [0.2, 0.25) is 0 Å². The van der Waals surface area contributed by atoms with Crippen molar-refractivity contribution in [1.82, 2.24) is 23.9 Å². The molecule has 0 unspecified atom stereocenters. The van der Waals surface area contributed by atoms with Gasteiger partial charge in [-0.3, -0.25) is 4.57 Å². The molecule has 0 amide bonds. The van der Waals surface area contributed by atoms with Crippen molar-refractivity contribution in [2.24, 2.45) is 0 Å². The molecule has 0 bridgehead atoms. The predicted molar refractivity (Wildman–Crippen MR) is 194 cm³/mol. The molecule has 0 saturated heterocycles. The van der Waals surface area contributed by atoms with Gasteiger partial charge in [0.05, 0.1) is 39.5 Å². The van der Waals surface area contributed by atoms with E-state index in [1.807, 2.05) is 60.8 Å². The number of nitrogens with zero attached hydrogens (tertiary/aromatic N) is 5. The first-order valence-electron chi connectivity index (χ1n) is 16.6. The van der Waals surface area contributed by atoms with Crippen LogP contribution in [0.1, 0.15) is 26.3 Å². The highest BCUT2D eigenvalue weighted by molar-refractivity contribution is 6.12. The Labute approximate surface area is 293 Å². The van der Waals surface area contributed by atoms with E-state index < -0.39 is 34.6 Å². The van der Waals surface area contributed by atoms with Crippen molar-refractivity contribution in [3.8, 4) is 28.3 Å². The van der Waals surface area contributed by atoms with Crippen LogP contribution in [-0.2, 0) is 5.41 Å². The third-order valence-electron chi connectivity index (χ3n) is 9.76. The Morgan fingerprint density at radius 2 is 1.08 bits per heavy atom. The van der Waals surface area contributed by atoms with Crippen LogP contribution in [0.15, 0.2) is 116 Å². The van der Waals surface area contributed by atoms with Crippen molar-refractivity contribution in [3.05, 3.63) is 150 Å². The Hall–Kier alpha value is -6.29. The summed E-state index contributed by atoms with van der Waals surface area (Å²) in [5, 5.41) is 8.37. The summed E-state index contributed by atoms with van der Waals surface area (Å²) in [7, 11) is 0. The van der Waals surface area contributed by atoms with Gasteiger partial charge in [0.1, 0.15) is 5.82 Å². The van der Waals surface area contributed by atoms with E-state index in [2.05, 4.69) is 71.4 Å². The van der Waals surface area contributed by atoms with Gasteiger partial charge in [-0.15, -0.1) is 0 Å². The number of fused-ring (bicyclic) bond motifs is 6. The van der Waals surface area contributed by atoms with Gasteiger partial charge in [0.25, 0.3) is 0 Å². The van der Waals surface area contributed by atoms with Crippen LogP contribution >= 0.6 is 0 Å². The second-order valence-electron chi connectivity index (χ2n) is 13.9. The van der Waals surface area contributed by atoms with Crippen LogP contribution in [0.25, 0.3) is 71.9 Å². The molecule has 256 valence electrons. The summed E-state index contributed by atoms with van der Waals surface area (Å²) in [5.41, 5.74) is 4.97. The lowest BCUT2D eigenvalue weighted by Gasteiger charge is -2.20. The molecule has 0 N–H and O–H groups in total. The van der Waals surface area contributed by atoms with Gasteiger partial charge in [-0.05, 0) is 59.5 Å². The average molecular weight is 698 g/mol. The summed E-state index contributed by atoms with van der Waals surface area (Å²) in [5.74, 6) is -9.26. The molecular weight excluding hydrogens is 669 g/mol. The molecule has 0 atom stereocenters. The molecule has 0 aliphatic rings. The fourth-order valence-electron chi connectivity index (χ4n) is 7.18. The highest BCUT2D eigenvalue weighted by atomic mass is 19.2. The summed E-state index contributed by atoms with van der Waals surface area (Å²) < 4.78 is 76.9. The quantitative estimate of drug-likeness (QED) is 0.104. The minimum atomic E-state index is -2.21. The van der Waals surface area contributed by atoms with Crippen molar-refractivity contribution in [3.63, 3.8) is 0 Å². The van der Waals surface area contributed by atoms with Gasteiger partial charge in [0.2, 0.25) is 5.82 Å². The predicted octanol–water partition coefficient (Wildman–Crippen LogP) is 11.1. The third kappa shape index (κ3) is 4.67. The molecule has 0 aliphatic carbocycles. The molecule has 4 heterocycles. The molecule has 9 aromatic rings. The third-order valence-corrected chi connectivity index (χ3v) is 9.76. The Bertz CT molecular complexity index is 2880. The van der Waals surface area contributed by atoms with E-state index in [0.29, 0.717) is 5.69 Å². The molecule has 0 fully saturated rings. The van der Waals surface area contributed by atoms with Crippen molar-refractivity contribution < 1.29 is 22.0 Å². The molecule has 5 aromatic carbocycles. The number of hydrogen-bond donors (Lipinski definition) is 0. The Balaban J connectivity index is 1.25. The van der Waals surface area contributed by atoms with E-state index in [4.69, 9.17) is 4.98 Å². The zero-order chi connectivity index (χ0) is 36.1. The maximum atomic E-state index is 14.7. The molecule has 52 heavy (non-hydrogen) atoms. The summed E-state index contributed by atoms with van der Waals surface area (Å²) in [6.45, 7) is 6.53. The van der Waals surface area contributed by atoms with E-state index in [0.717, 1.165) is 66.9 Å². The number of pyridine rings is 1. The number of hydrogen-bond acceptors (Lipinski definition) is 2. The highest BCUT2D eigenvalue weighted by Gasteiger charge is 2.27. The van der Waals surface area contributed by atoms with Crippen molar-refractivity contribution in [2.75, 3.05) is 0 Å². The standard InChI is InChI=1S/C42H28F5N5/c1-42(2,3)24-16-17-48-35(18-24)52-32-11-7-5-9-28(32)30-15-13-26(20-34(30)52)51-31-10-6-4-8-27(31)29-14-12-25(19-33(29)51)50-22-23(21-49-50)36-37(43)39(45)41(47)40(46)38(36)44/h4-22H,1-3H3. The first-order valence-corrected chi connectivity index (χ1v) is 16.6. The van der Waals surface area contributed by atoms with E-state index in [-0.39, 0.29) is 11.0 Å². The van der Waals surface area contributed by atoms with E-state index >= 15 is 0 Å². The van der Waals surface area contributed by atoms with Gasteiger partial charge in [0.15, 0.2) is 23.3 Å². The number of para-hydroxylation sites is 2. The van der Waals surface area contributed by atoms with E-state index in [1.54, 1.807) is 6.07 Å². The zero-order valence-corrected chi connectivity index (χ0v) is 28.1. The SMILES string of the molecule is CC(C)(C)c1ccnc(-n2c3ccccc3c3ccc(-n4c5ccccc5c5ccc(-n6cc(-c7c(F)c(F)c(F)c(F)c7F)cn6)cc54)cc32)c1. The molecule has 5 nitrogen and oxygen atoms in total. The summed E-state index contributed by atoms with van der Waals surface area (Å²) in [6, 6.07) is 32.4. The highest BCUT2D eigenvalue weighted by Crippen LogP contribution is 2.38. The van der Waals surface area contributed by atoms with Crippen molar-refractivity contribution in [1.29, 1.82) is 0 Å². The maximum absolute atomic E-state index is 14.7. The molecular formula is C42H28F5N5. The zero-order valence-electron chi connectivity index (χ0n) is 28.1. The van der Waals surface area contributed by atoms with Crippen LogP contribution in [0.5, 0.6) is 0 Å². The normalized spacial score (nSPS) is 12.2. The van der Waals surface area contributed by atoms with Crippen LogP contribution in [0.4, 0.5) is 22.0 Å². The lowest BCUT2D eigenvalue weighted by atomic mass is 9.88. The Kier molecular flexibility index (Phi) is 6.92. The molecule has 0 spiro atoms. The maximum Gasteiger partial charge on any atom is 0.200 e. The smallest absolute Gasteiger partial charge is 0.200 e. The molecule has 0 aliphatic heterocycles. The lowest BCUT2D eigenvalue weighted by Crippen LogP contribution is -2.12. The molecule has 4 aromatic heterocycles. The monoisotopic (exact) mass is 697 g/mol. The van der Waals surface area contributed by atoms with Crippen LogP contribution in [0, 0.1) is 29.1 Å². The Morgan fingerprint density at radius 1 is 0.538 bits per heavy atom. The topological polar surface area (TPSA) is 40.6 Å². The van der Waals surface area contributed by atoms with Gasteiger partial charge in [-0.1, -0.05) is 69.3 Å². The summed E-state index contributed by atoms with van der Waals surface area (Å²) in [4.78, 5) is 4.82. The van der Waals surface area contributed by atoms with Gasteiger partial charge in [-0.25, -0.2) is 31.6 Å². The van der Waals surface area contributed by atoms with Crippen LogP contribution in [-0.4, -0.2) is 23.9 Å².